The van der Waals surface area contributed by atoms with E-state index in [1.165, 1.54) is 18.2 Å². The number of carbonyl (C=O) groups is 1. The Hall–Kier alpha value is -3.72. The smallest absolute Gasteiger partial charge is 0.257 e. The first-order chi connectivity index (χ1) is 17.9. The third-order valence-electron chi connectivity index (χ3n) is 6.36. The van der Waals surface area contributed by atoms with Gasteiger partial charge in [0.2, 0.25) is 0 Å². The van der Waals surface area contributed by atoms with Crippen LogP contribution in [-0.4, -0.2) is 56.1 Å². The summed E-state index contributed by atoms with van der Waals surface area (Å²) in [5, 5.41) is 6.24. The molecule has 0 saturated heterocycles. The molecule has 1 unspecified atom stereocenters. The second kappa shape index (κ2) is 12.0. The molecule has 2 N–H and O–H groups in total. The molecule has 1 amide bonds. The SMILES string of the molecule is CCNc1ccc2c(n1)N(C)CCN(Cc1ccc(OC(CCNC)c3cccc(F)c3)cc1F)C2=O. The average Bonchev–Trinajstić information content (AvgIpc) is 3.00. The van der Waals surface area contributed by atoms with E-state index >= 15 is 4.39 Å². The Morgan fingerprint density at radius 1 is 1.11 bits per heavy atom. The van der Waals surface area contributed by atoms with E-state index in [1.54, 1.807) is 41.3 Å². The van der Waals surface area contributed by atoms with Crippen molar-refractivity contribution in [1.82, 2.24) is 15.2 Å². The minimum Gasteiger partial charge on any atom is -0.486 e. The first kappa shape index (κ1) is 26.3. The molecular formula is C28H33F2N5O2. The number of aromatic nitrogens is 1. The molecule has 9 heteroatoms. The maximum Gasteiger partial charge on any atom is 0.257 e. The number of ether oxygens (including phenoxy) is 1. The zero-order chi connectivity index (χ0) is 26.4. The lowest BCUT2D eigenvalue weighted by Gasteiger charge is -2.22. The van der Waals surface area contributed by atoms with E-state index in [9.17, 15) is 9.18 Å². The number of hydrogen-bond donors (Lipinski definition) is 2. The maximum absolute atomic E-state index is 15.2. The van der Waals surface area contributed by atoms with Crippen molar-refractivity contribution in [3.63, 3.8) is 0 Å². The van der Waals surface area contributed by atoms with E-state index in [2.05, 4.69) is 15.6 Å². The van der Waals surface area contributed by atoms with Crippen molar-refractivity contribution in [2.24, 2.45) is 0 Å². The number of halogens is 2. The van der Waals surface area contributed by atoms with Gasteiger partial charge in [-0.2, -0.15) is 0 Å². The lowest BCUT2D eigenvalue weighted by atomic mass is 10.1. The van der Waals surface area contributed by atoms with E-state index in [-0.39, 0.29) is 18.3 Å². The summed E-state index contributed by atoms with van der Waals surface area (Å²) < 4.78 is 35.0. The number of nitrogens with one attached hydrogen (secondary N) is 2. The van der Waals surface area contributed by atoms with Crippen molar-refractivity contribution in [2.75, 3.05) is 50.5 Å². The van der Waals surface area contributed by atoms with Crippen LogP contribution in [0.2, 0.25) is 0 Å². The highest BCUT2D eigenvalue weighted by Gasteiger charge is 2.27. The van der Waals surface area contributed by atoms with Gasteiger partial charge in [0.25, 0.3) is 5.91 Å². The summed E-state index contributed by atoms with van der Waals surface area (Å²) in [7, 11) is 3.72. The summed E-state index contributed by atoms with van der Waals surface area (Å²) in [6.07, 6.45) is 0.148. The fourth-order valence-electron chi connectivity index (χ4n) is 4.36. The van der Waals surface area contributed by atoms with Crippen molar-refractivity contribution in [3.05, 3.63) is 82.9 Å². The summed E-state index contributed by atoms with van der Waals surface area (Å²) in [5.41, 5.74) is 1.56. The predicted molar refractivity (Wildman–Crippen MR) is 141 cm³/mol. The molecule has 2 aromatic carbocycles. The number of likely N-dealkylation sites (N-methyl/N-ethyl adjacent to an activating group) is 1. The number of pyridine rings is 1. The Balaban J connectivity index is 1.51. The van der Waals surface area contributed by atoms with Crippen LogP contribution in [0.4, 0.5) is 20.4 Å². The molecule has 3 aromatic rings. The van der Waals surface area contributed by atoms with Gasteiger partial charge in [-0.05, 0) is 56.4 Å². The van der Waals surface area contributed by atoms with Crippen LogP contribution in [0.3, 0.4) is 0 Å². The summed E-state index contributed by atoms with van der Waals surface area (Å²) in [5.74, 6) is 0.670. The van der Waals surface area contributed by atoms with Crippen LogP contribution >= 0.6 is 0 Å². The molecule has 7 nitrogen and oxygen atoms in total. The molecule has 2 heterocycles. The number of anilines is 2. The molecule has 0 fully saturated rings. The first-order valence-corrected chi connectivity index (χ1v) is 12.5. The topological polar surface area (TPSA) is 69.7 Å². The summed E-state index contributed by atoms with van der Waals surface area (Å²) in [6.45, 7) is 4.50. The van der Waals surface area contributed by atoms with E-state index in [0.29, 0.717) is 60.1 Å². The largest absolute Gasteiger partial charge is 0.486 e. The number of fused-ring (bicyclic) bond motifs is 1. The number of carbonyl (C=O) groups excluding carboxylic acids is 1. The fourth-order valence-corrected chi connectivity index (χ4v) is 4.36. The Morgan fingerprint density at radius 3 is 2.68 bits per heavy atom. The van der Waals surface area contributed by atoms with Gasteiger partial charge in [0.15, 0.2) is 0 Å². The molecule has 1 aliphatic heterocycles. The van der Waals surface area contributed by atoms with Crippen LogP contribution < -0.4 is 20.3 Å². The second-order valence-corrected chi connectivity index (χ2v) is 9.05. The maximum atomic E-state index is 15.2. The van der Waals surface area contributed by atoms with E-state index in [0.717, 1.165) is 6.54 Å². The second-order valence-electron chi connectivity index (χ2n) is 9.05. The van der Waals surface area contributed by atoms with Gasteiger partial charge in [0, 0.05) is 51.3 Å². The molecule has 1 atom stereocenters. The average molecular weight is 510 g/mol. The first-order valence-electron chi connectivity index (χ1n) is 12.5. The van der Waals surface area contributed by atoms with Gasteiger partial charge in [-0.15, -0.1) is 0 Å². The van der Waals surface area contributed by atoms with Gasteiger partial charge in [0.1, 0.15) is 35.1 Å². The standard InChI is InChI=1S/C28H33F2N5O2/c1-4-32-26-11-10-23-27(33-26)34(3)14-15-35(28(23)36)18-20-8-9-22(17-24(20)30)37-25(12-13-31-2)19-6-5-7-21(29)16-19/h5-11,16-17,25,31H,4,12-15,18H2,1-3H3,(H,32,33). The molecular weight excluding hydrogens is 476 g/mol. The van der Waals surface area contributed by atoms with Crippen molar-refractivity contribution >= 4 is 17.5 Å². The zero-order valence-electron chi connectivity index (χ0n) is 21.4. The van der Waals surface area contributed by atoms with Gasteiger partial charge in [-0.3, -0.25) is 4.79 Å². The monoisotopic (exact) mass is 509 g/mol. The van der Waals surface area contributed by atoms with Gasteiger partial charge in [0.05, 0.1) is 5.56 Å². The van der Waals surface area contributed by atoms with Crippen molar-refractivity contribution in [1.29, 1.82) is 0 Å². The number of nitrogens with zero attached hydrogens (tertiary/aromatic N) is 3. The van der Waals surface area contributed by atoms with E-state index in [4.69, 9.17) is 4.74 Å². The molecule has 1 aromatic heterocycles. The minimum absolute atomic E-state index is 0.125. The van der Waals surface area contributed by atoms with Crippen LogP contribution in [0.25, 0.3) is 0 Å². The van der Waals surface area contributed by atoms with Crippen LogP contribution in [0.5, 0.6) is 5.75 Å². The molecule has 0 spiro atoms. The highest BCUT2D eigenvalue weighted by Crippen LogP contribution is 2.29. The molecule has 0 saturated carbocycles. The Bertz CT molecular complexity index is 1240. The Kier molecular flexibility index (Phi) is 8.55. The number of amides is 1. The molecule has 196 valence electrons. The van der Waals surface area contributed by atoms with Crippen molar-refractivity contribution in [3.8, 4) is 5.75 Å². The van der Waals surface area contributed by atoms with Gasteiger partial charge in [-0.1, -0.05) is 18.2 Å². The van der Waals surface area contributed by atoms with E-state index < -0.39 is 11.9 Å². The third kappa shape index (κ3) is 6.35. The normalized spacial score (nSPS) is 14.2. The molecule has 0 bridgehead atoms. The van der Waals surface area contributed by atoms with Crippen LogP contribution in [0, 0.1) is 11.6 Å². The number of hydrogen-bond acceptors (Lipinski definition) is 6. The highest BCUT2D eigenvalue weighted by atomic mass is 19.1. The predicted octanol–water partition coefficient (Wildman–Crippen LogP) is 4.61. The Morgan fingerprint density at radius 2 is 1.95 bits per heavy atom. The highest BCUT2D eigenvalue weighted by molar-refractivity contribution is 5.99. The number of benzene rings is 2. The minimum atomic E-state index is -0.463. The summed E-state index contributed by atoms with van der Waals surface area (Å²) in [4.78, 5) is 21.5. The molecule has 1 aliphatic rings. The van der Waals surface area contributed by atoms with Gasteiger partial charge < -0.3 is 25.2 Å². The molecule has 0 aliphatic carbocycles. The van der Waals surface area contributed by atoms with E-state index in [1.807, 2.05) is 25.9 Å². The van der Waals surface area contributed by atoms with Crippen LogP contribution in [0.1, 0.15) is 40.9 Å². The van der Waals surface area contributed by atoms with Crippen molar-refractivity contribution in [2.45, 2.75) is 26.0 Å². The quantitative estimate of drug-likeness (QED) is 0.416. The van der Waals surface area contributed by atoms with Crippen molar-refractivity contribution < 1.29 is 18.3 Å². The summed E-state index contributed by atoms with van der Waals surface area (Å²) >= 11 is 0. The van der Waals surface area contributed by atoms with Crippen LogP contribution in [0.15, 0.2) is 54.6 Å². The van der Waals surface area contributed by atoms with Crippen LogP contribution in [-0.2, 0) is 6.54 Å². The molecule has 37 heavy (non-hydrogen) atoms. The summed E-state index contributed by atoms with van der Waals surface area (Å²) in [6, 6.07) is 14.4. The lowest BCUT2D eigenvalue weighted by Crippen LogP contribution is -2.33. The molecule has 4 rings (SSSR count). The molecule has 0 radical (unpaired) electrons. The number of rotatable bonds is 10. The fraction of sp³-hybridized carbons (Fsp3) is 0.357. The van der Waals surface area contributed by atoms with Gasteiger partial charge >= 0.3 is 0 Å². The zero-order valence-corrected chi connectivity index (χ0v) is 21.4. The Labute approximate surface area is 216 Å². The third-order valence-corrected chi connectivity index (χ3v) is 6.36. The van der Waals surface area contributed by atoms with Gasteiger partial charge in [-0.25, -0.2) is 13.8 Å². The lowest BCUT2D eigenvalue weighted by molar-refractivity contribution is 0.0753.